The molecule has 33 heavy (non-hydrogen) atoms. The first kappa shape index (κ1) is 21.2. The molecule has 4 heterocycles. The first-order chi connectivity index (χ1) is 15.9. The molecule has 0 saturated carbocycles. The molecule has 1 saturated heterocycles. The molecule has 5 rings (SSSR count). The Labute approximate surface area is 191 Å². The van der Waals surface area contributed by atoms with Crippen LogP contribution in [-0.4, -0.2) is 62.9 Å². The van der Waals surface area contributed by atoms with Gasteiger partial charge in [-0.3, -0.25) is 19.4 Å². The minimum absolute atomic E-state index is 0.0631. The summed E-state index contributed by atoms with van der Waals surface area (Å²) in [6.45, 7) is 3.16. The summed E-state index contributed by atoms with van der Waals surface area (Å²) >= 11 is 0. The number of ether oxygens (including phenoxy) is 2. The van der Waals surface area contributed by atoms with Crippen LogP contribution in [0.15, 0.2) is 30.5 Å². The number of methoxy groups -OCH3 is 1. The lowest BCUT2D eigenvalue weighted by Gasteiger charge is -2.37. The number of amides is 1. The first-order valence-electron chi connectivity index (χ1n) is 11.2. The van der Waals surface area contributed by atoms with Crippen molar-refractivity contribution in [1.29, 1.82) is 0 Å². The third-order valence-electron chi connectivity index (χ3n) is 6.60. The van der Waals surface area contributed by atoms with Crippen LogP contribution in [0.5, 0.6) is 11.5 Å². The number of H-pyrrole nitrogens is 1. The van der Waals surface area contributed by atoms with E-state index in [0.717, 1.165) is 24.1 Å². The van der Waals surface area contributed by atoms with E-state index in [-0.39, 0.29) is 23.7 Å². The Hall–Kier alpha value is -3.62. The molecule has 0 radical (unpaired) electrons. The van der Waals surface area contributed by atoms with E-state index in [2.05, 4.69) is 15.3 Å². The van der Waals surface area contributed by atoms with Crippen molar-refractivity contribution < 1.29 is 19.1 Å². The molecule has 0 aliphatic carbocycles. The van der Waals surface area contributed by atoms with Crippen LogP contribution in [0.1, 0.15) is 45.8 Å². The Morgan fingerprint density at radius 1 is 1.21 bits per heavy atom. The fourth-order valence-electron chi connectivity index (χ4n) is 4.78. The van der Waals surface area contributed by atoms with E-state index in [1.807, 2.05) is 25.1 Å². The Morgan fingerprint density at radius 2 is 2.00 bits per heavy atom. The Balaban J connectivity index is 1.22. The third-order valence-corrected chi connectivity index (χ3v) is 6.60. The van der Waals surface area contributed by atoms with E-state index in [1.165, 1.54) is 0 Å². The molecule has 9 heteroatoms. The molecule has 172 valence electrons. The van der Waals surface area contributed by atoms with Crippen molar-refractivity contribution in [3.63, 3.8) is 0 Å². The van der Waals surface area contributed by atoms with Gasteiger partial charge >= 0.3 is 0 Å². The molecule has 1 fully saturated rings. The molecular weight excluding hydrogens is 422 g/mol. The number of likely N-dealkylation sites (tertiary alicyclic amines) is 1. The fourth-order valence-corrected chi connectivity index (χ4v) is 4.78. The molecule has 0 spiro atoms. The van der Waals surface area contributed by atoms with Gasteiger partial charge in [-0.25, -0.2) is 0 Å². The predicted octanol–water partition coefficient (Wildman–Crippen LogP) is 3.01. The topological polar surface area (TPSA) is 102 Å². The van der Waals surface area contributed by atoms with E-state index in [9.17, 15) is 9.59 Å². The maximum Gasteiger partial charge on any atom is 0.271 e. The van der Waals surface area contributed by atoms with Crippen molar-refractivity contribution in [1.82, 2.24) is 24.9 Å². The van der Waals surface area contributed by atoms with Crippen molar-refractivity contribution in [3.05, 3.63) is 47.4 Å². The van der Waals surface area contributed by atoms with Crippen LogP contribution < -0.4 is 9.47 Å². The number of carbonyl (C=O) groups is 2. The van der Waals surface area contributed by atoms with Gasteiger partial charge in [-0.1, -0.05) is 0 Å². The molecule has 1 aromatic carbocycles. The Kier molecular flexibility index (Phi) is 5.39. The summed E-state index contributed by atoms with van der Waals surface area (Å²) in [5.74, 6) is 1.51. The van der Waals surface area contributed by atoms with Crippen LogP contribution in [0.25, 0.3) is 11.3 Å². The van der Waals surface area contributed by atoms with Crippen LogP contribution in [0, 0.1) is 12.8 Å². The SMILES string of the molecule is COc1ccc2c(c1)C(=O)CC(C1CCN(C(=O)c3cc(-c4cn(C)nc4C)n[nH]3)CC1)O2. The van der Waals surface area contributed by atoms with E-state index >= 15 is 0 Å². The highest BCUT2D eigenvalue weighted by atomic mass is 16.5. The number of aryl methyl sites for hydroxylation is 2. The summed E-state index contributed by atoms with van der Waals surface area (Å²) in [7, 11) is 3.44. The molecule has 1 unspecified atom stereocenters. The lowest BCUT2D eigenvalue weighted by atomic mass is 9.86. The van der Waals surface area contributed by atoms with E-state index in [4.69, 9.17) is 9.47 Å². The van der Waals surface area contributed by atoms with Gasteiger partial charge in [-0.15, -0.1) is 0 Å². The smallest absolute Gasteiger partial charge is 0.271 e. The number of carbonyl (C=O) groups excluding carboxylic acids is 2. The fraction of sp³-hybridized carbons (Fsp3) is 0.417. The summed E-state index contributed by atoms with van der Waals surface area (Å²) in [5, 5.41) is 11.5. The summed E-state index contributed by atoms with van der Waals surface area (Å²) in [5.41, 5.74) is 3.54. The second-order valence-corrected chi connectivity index (χ2v) is 8.74. The van der Waals surface area contributed by atoms with Gasteiger partial charge in [-0.2, -0.15) is 10.2 Å². The molecule has 2 aliphatic heterocycles. The van der Waals surface area contributed by atoms with Crippen molar-refractivity contribution >= 4 is 11.7 Å². The standard InChI is InChI=1S/C24H27N5O4/c1-14-18(13-28(2)27-14)19-11-20(26-25-19)24(31)29-8-6-15(7-9-29)23-12-21(30)17-10-16(32-3)4-5-22(17)33-23/h4-5,10-11,13,15,23H,6-9,12H2,1-3H3,(H,25,26). The molecule has 2 aliphatic rings. The number of nitrogens with one attached hydrogen (secondary N) is 1. The zero-order chi connectivity index (χ0) is 23.1. The monoisotopic (exact) mass is 449 g/mol. The molecule has 2 aromatic heterocycles. The minimum atomic E-state index is -0.164. The Morgan fingerprint density at radius 3 is 2.70 bits per heavy atom. The molecule has 1 amide bonds. The highest BCUT2D eigenvalue weighted by Crippen LogP contribution is 2.36. The average molecular weight is 450 g/mol. The number of ketones is 1. The number of Topliss-reactive ketones (excluding diaryl/α,β-unsaturated/α-hetero) is 1. The van der Waals surface area contributed by atoms with Crippen molar-refractivity contribution in [2.75, 3.05) is 20.2 Å². The minimum Gasteiger partial charge on any atom is -0.497 e. The molecular formula is C24H27N5O4. The number of aromatic amines is 1. The van der Waals surface area contributed by atoms with Gasteiger partial charge in [0.15, 0.2) is 5.78 Å². The maximum atomic E-state index is 13.0. The van der Waals surface area contributed by atoms with Gasteiger partial charge in [0.2, 0.25) is 0 Å². The van der Waals surface area contributed by atoms with Crippen molar-refractivity contribution in [2.24, 2.45) is 13.0 Å². The summed E-state index contributed by atoms with van der Waals surface area (Å²) in [6, 6.07) is 7.13. The van der Waals surface area contributed by atoms with E-state index in [1.54, 1.807) is 36.1 Å². The molecule has 3 aromatic rings. The zero-order valence-electron chi connectivity index (χ0n) is 19.0. The molecule has 0 bridgehead atoms. The second-order valence-electron chi connectivity index (χ2n) is 8.74. The molecule has 1 N–H and O–H groups in total. The zero-order valence-corrected chi connectivity index (χ0v) is 19.0. The number of hydrogen-bond acceptors (Lipinski definition) is 6. The number of fused-ring (bicyclic) bond motifs is 1. The van der Waals surface area contributed by atoms with E-state index in [0.29, 0.717) is 48.0 Å². The maximum absolute atomic E-state index is 13.0. The first-order valence-corrected chi connectivity index (χ1v) is 11.2. The third kappa shape index (κ3) is 3.99. The highest BCUT2D eigenvalue weighted by molar-refractivity contribution is 6.00. The van der Waals surface area contributed by atoms with Gasteiger partial charge in [0.25, 0.3) is 5.91 Å². The average Bonchev–Trinajstić information content (AvgIpc) is 3.44. The quantitative estimate of drug-likeness (QED) is 0.657. The van der Waals surface area contributed by atoms with Gasteiger partial charge in [-0.05, 0) is 49.9 Å². The predicted molar refractivity (Wildman–Crippen MR) is 121 cm³/mol. The lowest BCUT2D eigenvalue weighted by Crippen LogP contribution is -2.44. The summed E-state index contributed by atoms with van der Waals surface area (Å²) < 4.78 is 13.1. The van der Waals surface area contributed by atoms with Crippen LogP contribution in [0.3, 0.4) is 0 Å². The van der Waals surface area contributed by atoms with Crippen LogP contribution in [-0.2, 0) is 7.05 Å². The second kappa shape index (κ2) is 8.38. The van der Waals surface area contributed by atoms with Gasteiger partial charge < -0.3 is 14.4 Å². The lowest BCUT2D eigenvalue weighted by molar-refractivity contribution is 0.0449. The number of nitrogens with zero attached hydrogens (tertiary/aromatic N) is 4. The number of piperidine rings is 1. The van der Waals surface area contributed by atoms with Crippen LogP contribution in [0.4, 0.5) is 0 Å². The number of benzene rings is 1. The van der Waals surface area contributed by atoms with Gasteiger partial charge in [0.05, 0.1) is 24.1 Å². The largest absolute Gasteiger partial charge is 0.497 e. The van der Waals surface area contributed by atoms with Gasteiger partial charge in [0, 0.05) is 38.3 Å². The molecule has 1 atom stereocenters. The van der Waals surface area contributed by atoms with Crippen molar-refractivity contribution in [3.8, 4) is 22.8 Å². The van der Waals surface area contributed by atoms with Crippen LogP contribution >= 0.6 is 0 Å². The number of hydrogen-bond donors (Lipinski definition) is 1. The van der Waals surface area contributed by atoms with E-state index < -0.39 is 0 Å². The number of aromatic nitrogens is 4. The Bertz CT molecular complexity index is 1210. The highest BCUT2D eigenvalue weighted by Gasteiger charge is 2.35. The van der Waals surface area contributed by atoms with Gasteiger partial charge in [0.1, 0.15) is 23.3 Å². The van der Waals surface area contributed by atoms with Crippen LogP contribution in [0.2, 0.25) is 0 Å². The number of rotatable bonds is 4. The normalized spacial score (nSPS) is 18.7. The molecule has 9 nitrogen and oxygen atoms in total. The summed E-state index contributed by atoms with van der Waals surface area (Å²) in [4.78, 5) is 27.6. The van der Waals surface area contributed by atoms with Crippen molar-refractivity contribution in [2.45, 2.75) is 32.3 Å². The summed E-state index contributed by atoms with van der Waals surface area (Å²) in [6.07, 6.45) is 3.66.